The maximum absolute atomic E-state index is 5.15. The molecule has 0 fully saturated rings. The van der Waals surface area contributed by atoms with E-state index in [0.29, 0.717) is 17.5 Å². The van der Waals surface area contributed by atoms with Gasteiger partial charge in [0, 0.05) is 27.6 Å². The van der Waals surface area contributed by atoms with Crippen molar-refractivity contribution in [3.8, 4) is 56.4 Å². The SMILES string of the molecule is CCC1=CC(c2ccc3cc(-c4ccc(-c5ccc(-c6nc(-c7ccccc7)nc(-c7ccccc7)n6)cc5)cc4)ccc3n2)=CC=C(c2ccc3ccccc3c2)C1. The summed E-state index contributed by atoms with van der Waals surface area (Å²) in [7, 11) is 0. The number of rotatable bonds is 8. The molecule has 0 radical (unpaired) electrons. The van der Waals surface area contributed by atoms with Gasteiger partial charge in [-0.2, -0.15) is 0 Å². The monoisotopic (exact) mass is 756 g/mol. The fourth-order valence-corrected chi connectivity index (χ4v) is 7.86. The summed E-state index contributed by atoms with van der Waals surface area (Å²) in [6, 6.07) is 63.7. The van der Waals surface area contributed by atoms with Crippen LogP contribution in [0.15, 0.2) is 206 Å². The molecule has 4 nitrogen and oxygen atoms in total. The van der Waals surface area contributed by atoms with Crippen LogP contribution in [0, 0.1) is 0 Å². The van der Waals surface area contributed by atoms with Gasteiger partial charge in [0.1, 0.15) is 0 Å². The van der Waals surface area contributed by atoms with Gasteiger partial charge >= 0.3 is 0 Å². The highest BCUT2D eigenvalue weighted by Gasteiger charge is 2.14. The van der Waals surface area contributed by atoms with Crippen molar-refractivity contribution < 1.29 is 0 Å². The second-order valence-corrected chi connectivity index (χ2v) is 15.0. The van der Waals surface area contributed by atoms with Gasteiger partial charge < -0.3 is 0 Å². The Morgan fingerprint density at radius 2 is 0.881 bits per heavy atom. The van der Waals surface area contributed by atoms with Gasteiger partial charge in [-0.25, -0.2) is 19.9 Å². The lowest BCUT2D eigenvalue weighted by Gasteiger charge is -2.10. The quantitative estimate of drug-likeness (QED) is 0.155. The number of hydrogen-bond acceptors (Lipinski definition) is 4. The van der Waals surface area contributed by atoms with Crippen LogP contribution < -0.4 is 0 Å². The van der Waals surface area contributed by atoms with Gasteiger partial charge in [-0.1, -0.05) is 188 Å². The first-order valence-corrected chi connectivity index (χ1v) is 20.2. The van der Waals surface area contributed by atoms with Gasteiger partial charge in [-0.05, 0) is 81.3 Å². The first-order valence-electron chi connectivity index (χ1n) is 20.2. The minimum atomic E-state index is 0.647. The van der Waals surface area contributed by atoms with Crippen molar-refractivity contribution in [1.29, 1.82) is 0 Å². The third-order valence-corrected chi connectivity index (χ3v) is 11.2. The van der Waals surface area contributed by atoms with Crippen molar-refractivity contribution >= 4 is 32.8 Å². The molecule has 0 amide bonds. The predicted octanol–water partition coefficient (Wildman–Crippen LogP) is 14.1. The van der Waals surface area contributed by atoms with E-state index in [1.54, 1.807) is 0 Å². The number of benzene rings is 7. The summed E-state index contributed by atoms with van der Waals surface area (Å²) in [6.07, 6.45) is 8.78. The molecule has 1 aliphatic carbocycles. The lowest BCUT2D eigenvalue weighted by molar-refractivity contribution is 1.04. The molecule has 0 saturated carbocycles. The molecule has 0 spiro atoms. The number of fused-ring (bicyclic) bond motifs is 2. The zero-order valence-electron chi connectivity index (χ0n) is 32.8. The van der Waals surface area contributed by atoms with E-state index in [0.717, 1.165) is 74.0 Å². The molecule has 10 rings (SSSR count). The van der Waals surface area contributed by atoms with E-state index in [-0.39, 0.29) is 0 Å². The smallest absolute Gasteiger partial charge is 0.164 e. The van der Waals surface area contributed by atoms with Crippen molar-refractivity contribution in [2.75, 3.05) is 0 Å². The summed E-state index contributed by atoms with van der Waals surface area (Å²) in [4.78, 5) is 19.8. The van der Waals surface area contributed by atoms with E-state index >= 15 is 0 Å². The van der Waals surface area contributed by atoms with Crippen LogP contribution in [0.2, 0.25) is 0 Å². The summed E-state index contributed by atoms with van der Waals surface area (Å²) in [5, 5.41) is 3.66. The fourth-order valence-electron chi connectivity index (χ4n) is 7.86. The van der Waals surface area contributed by atoms with Crippen LogP contribution in [-0.2, 0) is 0 Å². The normalized spacial score (nSPS) is 12.8. The van der Waals surface area contributed by atoms with Gasteiger partial charge in [0.2, 0.25) is 0 Å². The van der Waals surface area contributed by atoms with Crippen LogP contribution >= 0.6 is 0 Å². The molecule has 0 atom stereocenters. The number of aromatic nitrogens is 4. The van der Waals surface area contributed by atoms with Gasteiger partial charge in [0.15, 0.2) is 17.5 Å². The van der Waals surface area contributed by atoms with Gasteiger partial charge in [-0.15, -0.1) is 0 Å². The van der Waals surface area contributed by atoms with E-state index in [1.165, 1.54) is 27.5 Å². The van der Waals surface area contributed by atoms with Crippen LogP contribution in [0.1, 0.15) is 31.0 Å². The lowest BCUT2D eigenvalue weighted by Crippen LogP contribution is -2.00. The van der Waals surface area contributed by atoms with E-state index in [9.17, 15) is 0 Å². The third kappa shape index (κ3) is 7.52. The van der Waals surface area contributed by atoms with Crippen LogP contribution in [0.5, 0.6) is 0 Å². The zero-order chi connectivity index (χ0) is 39.5. The summed E-state index contributed by atoms with van der Waals surface area (Å²) in [6.45, 7) is 2.24. The number of hydrogen-bond donors (Lipinski definition) is 0. The first-order chi connectivity index (χ1) is 29.1. The Kier molecular flexibility index (Phi) is 9.57. The second kappa shape index (κ2) is 15.8. The average molecular weight is 757 g/mol. The minimum Gasteiger partial charge on any atom is -0.248 e. The summed E-state index contributed by atoms with van der Waals surface area (Å²) in [5.41, 5.74) is 14.6. The molecule has 0 N–H and O–H groups in total. The Morgan fingerprint density at radius 3 is 1.51 bits per heavy atom. The van der Waals surface area contributed by atoms with E-state index < -0.39 is 0 Å². The fraction of sp³-hybridized carbons (Fsp3) is 0.0545. The molecule has 280 valence electrons. The molecule has 0 bridgehead atoms. The standard InChI is InChI=1S/C55H40N4/c1-2-37-33-46(48-26-23-38-11-9-10-16-45(38)35-48)27-28-49(34-37)51-32-30-50-36-47(29-31-52(50)56-51)41-19-17-39(18-20-41)40-21-24-44(25-22-40)55-58-53(42-12-5-3-6-13-42)57-54(59-55)43-14-7-4-8-15-43/h3-32,34-36H,2,33H2,1H3. The largest absolute Gasteiger partial charge is 0.248 e. The molecule has 0 saturated heterocycles. The molecular weight excluding hydrogens is 717 g/mol. The molecule has 9 aromatic rings. The molecule has 59 heavy (non-hydrogen) atoms. The summed E-state index contributed by atoms with van der Waals surface area (Å²) in [5.74, 6) is 1.96. The van der Waals surface area contributed by atoms with Crippen molar-refractivity contribution in [3.63, 3.8) is 0 Å². The Morgan fingerprint density at radius 1 is 0.390 bits per heavy atom. The van der Waals surface area contributed by atoms with E-state index in [1.807, 2.05) is 60.7 Å². The number of pyridine rings is 1. The Hall–Kier alpha value is -7.56. The van der Waals surface area contributed by atoms with Crippen LogP contribution in [0.4, 0.5) is 0 Å². The van der Waals surface area contributed by atoms with Crippen molar-refractivity contribution in [2.45, 2.75) is 19.8 Å². The van der Waals surface area contributed by atoms with Gasteiger partial charge in [-0.3, -0.25) is 0 Å². The molecule has 1 aliphatic rings. The second-order valence-electron chi connectivity index (χ2n) is 15.0. The summed E-state index contributed by atoms with van der Waals surface area (Å²) >= 11 is 0. The zero-order valence-corrected chi connectivity index (χ0v) is 32.8. The van der Waals surface area contributed by atoms with Crippen molar-refractivity contribution in [1.82, 2.24) is 19.9 Å². The predicted molar refractivity (Wildman–Crippen MR) is 245 cm³/mol. The molecule has 4 heteroatoms. The highest BCUT2D eigenvalue weighted by molar-refractivity contribution is 5.90. The van der Waals surface area contributed by atoms with Crippen LogP contribution in [-0.4, -0.2) is 19.9 Å². The topological polar surface area (TPSA) is 51.6 Å². The van der Waals surface area contributed by atoms with Crippen molar-refractivity contribution in [2.24, 2.45) is 0 Å². The molecule has 0 aliphatic heterocycles. The Balaban J connectivity index is 0.885. The van der Waals surface area contributed by atoms with E-state index in [4.69, 9.17) is 19.9 Å². The van der Waals surface area contributed by atoms with Crippen molar-refractivity contribution in [3.05, 3.63) is 217 Å². The van der Waals surface area contributed by atoms with Gasteiger partial charge in [0.25, 0.3) is 0 Å². The third-order valence-electron chi connectivity index (χ3n) is 11.2. The summed E-state index contributed by atoms with van der Waals surface area (Å²) < 4.78 is 0. The molecular formula is C55H40N4. The average Bonchev–Trinajstić information content (AvgIpc) is 3.55. The molecule has 0 unspecified atom stereocenters. The Labute approximate surface area is 344 Å². The lowest BCUT2D eigenvalue weighted by atomic mass is 9.95. The van der Waals surface area contributed by atoms with Crippen LogP contribution in [0.3, 0.4) is 0 Å². The Bertz CT molecular complexity index is 3010. The molecule has 2 aromatic heterocycles. The molecule has 7 aromatic carbocycles. The van der Waals surface area contributed by atoms with Gasteiger partial charge in [0.05, 0.1) is 11.2 Å². The highest BCUT2D eigenvalue weighted by Crippen LogP contribution is 2.34. The van der Waals surface area contributed by atoms with Crippen LogP contribution in [0.25, 0.3) is 89.2 Å². The number of allylic oxidation sites excluding steroid dienone is 6. The maximum atomic E-state index is 5.15. The number of nitrogens with zero attached hydrogens (tertiary/aromatic N) is 4. The van der Waals surface area contributed by atoms with E-state index in [2.05, 4.69) is 146 Å². The highest BCUT2D eigenvalue weighted by atomic mass is 15.0. The minimum absolute atomic E-state index is 0.647. The molecule has 2 heterocycles. The maximum Gasteiger partial charge on any atom is 0.164 e. The first kappa shape index (κ1) is 35.8.